The van der Waals surface area contributed by atoms with Gasteiger partial charge in [0.2, 0.25) is 0 Å². The summed E-state index contributed by atoms with van der Waals surface area (Å²) in [5, 5.41) is 9.65. The lowest BCUT2D eigenvalue weighted by atomic mass is 9.98. The summed E-state index contributed by atoms with van der Waals surface area (Å²) in [6, 6.07) is 20.9. The molecule has 5 nitrogen and oxygen atoms in total. The molecular weight excluding hydrogens is 409 g/mol. The highest BCUT2D eigenvalue weighted by Crippen LogP contribution is 2.44. The molecule has 0 aromatic heterocycles. The molecule has 1 atom stereocenters. The zero-order valence-corrected chi connectivity index (χ0v) is 17.7. The van der Waals surface area contributed by atoms with E-state index in [1.807, 2.05) is 36.4 Å². The Morgan fingerprint density at radius 3 is 2.09 bits per heavy atom. The van der Waals surface area contributed by atoms with Gasteiger partial charge in [0.05, 0.1) is 0 Å². The molecular formula is C26H24FNO4. The Kier molecular flexibility index (Phi) is 6.21. The summed E-state index contributed by atoms with van der Waals surface area (Å²) in [7, 11) is 1.43. The van der Waals surface area contributed by atoms with Crippen molar-refractivity contribution < 1.29 is 23.8 Å². The maximum atomic E-state index is 13.1. The van der Waals surface area contributed by atoms with Crippen LogP contribution in [0.25, 0.3) is 11.1 Å². The lowest BCUT2D eigenvalue weighted by Gasteiger charge is -2.25. The maximum Gasteiger partial charge on any atom is 0.410 e. The van der Waals surface area contributed by atoms with Crippen LogP contribution in [0.3, 0.4) is 0 Å². The molecule has 0 radical (unpaired) electrons. The SMILES string of the molecule is CN(C(=O)OCC1c2ccccc2-c2ccccc21)C(CCc1ccc(F)cc1)C(=O)O. The first-order valence-corrected chi connectivity index (χ1v) is 10.5. The predicted octanol–water partition coefficient (Wildman–Crippen LogP) is 5.09. The van der Waals surface area contributed by atoms with Crippen molar-refractivity contribution >= 4 is 12.1 Å². The number of aryl methyl sites for hydroxylation is 1. The Balaban J connectivity index is 1.42. The van der Waals surface area contributed by atoms with Crippen molar-refractivity contribution in [1.29, 1.82) is 0 Å². The van der Waals surface area contributed by atoms with Gasteiger partial charge in [-0.2, -0.15) is 0 Å². The first kappa shape index (κ1) is 21.6. The van der Waals surface area contributed by atoms with Gasteiger partial charge in [-0.25, -0.2) is 14.0 Å². The van der Waals surface area contributed by atoms with Gasteiger partial charge >= 0.3 is 12.1 Å². The second-order valence-electron chi connectivity index (χ2n) is 7.93. The Labute approximate surface area is 186 Å². The van der Waals surface area contributed by atoms with E-state index in [2.05, 4.69) is 12.1 Å². The fourth-order valence-corrected chi connectivity index (χ4v) is 4.26. The van der Waals surface area contributed by atoms with Crippen molar-refractivity contribution in [3.05, 3.63) is 95.3 Å². The van der Waals surface area contributed by atoms with Crippen LogP contribution in [0.1, 0.15) is 29.0 Å². The zero-order valence-electron chi connectivity index (χ0n) is 17.7. The van der Waals surface area contributed by atoms with Gasteiger partial charge < -0.3 is 9.84 Å². The summed E-state index contributed by atoms with van der Waals surface area (Å²) in [5.41, 5.74) is 5.24. The number of rotatable bonds is 7. The topological polar surface area (TPSA) is 66.8 Å². The Morgan fingerprint density at radius 1 is 0.969 bits per heavy atom. The first-order valence-electron chi connectivity index (χ1n) is 10.5. The number of carboxylic acid groups (broad SMARTS) is 1. The fourth-order valence-electron chi connectivity index (χ4n) is 4.26. The fraction of sp³-hybridized carbons (Fsp3) is 0.231. The summed E-state index contributed by atoms with van der Waals surface area (Å²) in [6.45, 7) is 0.126. The van der Waals surface area contributed by atoms with Crippen molar-refractivity contribution in [2.75, 3.05) is 13.7 Å². The highest BCUT2D eigenvalue weighted by molar-refractivity contribution is 5.81. The lowest BCUT2D eigenvalue weighted by molar-refractivity contribution is -0.142. The largest absolute Gasteiger partial charge is 0.480 e. The van der Waals surface area contributed by atoms with Crippen LogP contribution in [-0.2, 0) is 16.0 Å². The van der Waals surface area contributed by atoms with Gasteiger partial charge in [-0.05, 0) is 52.8 Å². The standard InChI is InChI=1S/C26H24FNO4/c1-28(24(25(29)30)15-12-17-10-13-18(27)14-11-17)26(31)32-16-23-21-8-4-2-6-19(21)20-7-3-5-9-22(20)23/h2-11,13-14,23-24H,12,15-16H2,1H3,(H,29,30). The molecule has 0 heterocycles. The van der Waals surface area contributed by atoms with E-state index in [-0.39, 0.29) is 24.8 Å². The van der Waals surface area contributed by atoms with Crippen molar-refractivity contribution in [1.82, 2.24) is 4.90 Å². The molecule has 0 saturated carbocycles. The number of carbonyl (C=O) groups excluding carboxylic acids is 1. The number of hydrogen-bond donors (Lipinski definition) is 1. The third kappa shape index (κ3) is 4.35. The van der Waals surface area contributed by atoms with Crippen molar-refractivity contribution in [2.24, 2.45) is 0 Å². The molecule has 164 valence electrons. The number of benzene rings is 3. The molecule has 0 fully saturated rings. The molecule has 0 aliphatic heterocycles. The van der Waals surface area contributed by atoms with E-state index in [4.69, 9.17) is 4.74 Å². The molecule has 4 rings (SSSR count). The smallest absolute Gasteiger partial charge is 0.410 e. The molecule has 32 heavy (non-hydrogen) atoms. The molecule has 1 aliphatic carbocycles. The number of carboxylic acids is 1. The molecule has 1 aliphatic rings. The van der Waals surface area contributed by atoms with E-state index in [9.17, 15) is 19.1 Å². The monoisotopic (exact) mass is 433 g/mol. The highest BCUT2D eigenvalue weighted by Gasteiger charge is 2.31. The molecule has 0 saturated heterocycles. The van der Waals surface area contributed by atoms with Crippen LogP contribution in [0.4, 0.5) is 9.18 Å². The van der Waals surface area contributed by atoms with Crippen LogP contribution in [0.5, 0.6) is 0 Å². The third-order valence-corrected chi connectivity index (χ3v) is 6.00. The number of likely N-dealkylation sites (N-methyl/N-ethyl adjacent to an activating group) is 1. The molecule has 0 bridgehead atoms. The minimum absolute atomic E-state index is 0.0951. The molecule has 1 unspecified atom stereocenters. The van der Waals surface area contributed by atoms with Gasteiger partial charge in [0, 0.05) is 13.0 Å². The third-order valence-electron chi connectivity index (χ3n) is 6.00. The van der Waals surface area contributed by atoms with E-state index in [0.29, 0.717) is 6.42 Å². The summed E-state index contributed by atoms with van der Waals surface area (Å²) in [4.78, 5) is 25.6. The maximum absolute atomic E-state index is 13.1. The van der Waals surface area contributed by atoms with Gasteiger partial charge in [0.1, 0.15) is 18.5 Å². The van der Waals surface area contributed by atoms with E-state index in [1.54, 1.807) is 12.1 Å². The molecule has 3 aromatic carbocycles. The predicted molar refractivity (Wildman–Crippen MR) is 119 cm³/mol. The number of ether oxygens (including phenoxy) is 1. The van der Waals surface area contributed by atoms with Crippen LogP contribution in [0, 0.1) is 5.82 Å². The Hall–Kier alpha value is -3.67. The van der Waals surface area contributed by atoms with E-state index < -0.39 is 18.1 Å². The van der Waals surface area contributed by atoms with Crippen molar-refractivity contribution in [2.45, 2.75) is 24.8 Å². The van der Waals surface area contributed by atoms with E-state index >= 15 is 0 Å². The number of amides is 1. The molecule has 6 heteroatoms. The van der Waals surface area contributed by atoms with Crippen LogP contribution < -0.4 is 0 Å². The van der Waals surface area contributed by atoms with Crippen LogP contribution in [0.2, 0.25) is 0 Å². The van der Waals surface area contributed by atoms with Gasteiger partial charge in [-0.15, -0.1) is 0 Å². The summed E-state index contributed by atoms with van der Waals surface area (Å²) in [5.74, 6) is -1.55. The molecule has 1 amide bonds. The van der Waals surface area contributed by atoms with Gasteiger partial charge in [-0.1, -0.05) is 60.7 Å². The number of nitrogens with zero attached hydrogens (tertiary/aromatic N) is 1. The Morgan fingerprint density at radius 2 is 1.53 bits per heavy atom. The Bertz CT molecular complexity index is 1080. The second kappa shape index (κ2) is 9.22. The second-order valence-corrected chi connectivity index (χ2v) is 7.93. The summed E-state index contributed by atoms with van der Waals surface area (Å²) in [6.07, 6.45) is -0.0849. The first-order chi connectivity index (χ1) is 15.5. The average molecular weight is 433 g/mol. The van der Waals surface area contributed by atoms with Gasteiger partial charge in [0.25, 0.3) is 0 Å². The molecule has 1 N–H and O–H groups in total. The summed E-state index contributed by atoms with van der Waals surface area (Å²) >= 11 is 0. The van der Waals surface area contributed by atoms with Crippen molar-refractivity contribution in [3.8, 4) is 11.1 Å². The number of fused-ring (bicyclic) bond motifs is 3. The van der Waals surface area contributed by atoms with Gasteiger partial charge in [-0.3, -0.25) is 4.90 Å². The van der Waals surface area contributed by atoms with Crippen LogP contribution in [-0.4, -0.2) is 41.8 Å². The van der Waals surface area contributed by atoms with Crippen LogP contribution >= 0.6 is 0 Å². The van der Waals surface area contributed by atoms with Gasteiger partial charge in [0.15, 0.2) is 0 Å². The number of halogens is 1. The number of aliphatic carboxylic acids is 1. The molecule has 3 aromatic rings. The quantitative estimate of drug-likeness (QED) is 0.564. The molecule has 0 spiro atoms. The van der Waals surface area contributed by atoms with E-state index in [0.717, 1.165) is 32.7 Å². The van der Waals surface area contributed by atoms with E-state index in [1.165, 1.54) is 19.2 Å². The zero-order chi connectivity index (χ0) is 22.7. The average Bonchev–Trinajstić information content (AvgIpc) is 3.12. The minimum atomic E-state index is -1.11. The normalized spacial score (nSPS) is 13.2. The summed E-state index contributed by atoms with van der Waals surface area (Å²) < 4.78 is 18.7. The van der Waals surface area contributed by atoms with Crippen LogP contribution in [0.15, 0.2) is 72.8 Å². The number of hydrogen-bond acceptors (Lipinski definition) is 3. The number of carbonyl (C=O) groups is 2. The lowest BCUT2D eigenvalue weighted by Crippen LogP contribution is -2.43. The minimum Gasteiger partial charge on any atom is -0.480 e. The van der Waals surface area contributed by atoms with Crippen molar-refractivity contribution in [3.63, 3.8) is 0 Å². The highest BCUT2D eigenvalue weighted by atomic mass is 19.1.